The number of carbonyl (C=O) groups excluding carboxylic acids is 1. The fourth-order valence-corrected chi connectivity index (χ4v) is 5.65. The number of ether oxygens (including phenoxy) is 1. The number of aryl methyl sites for hydroxylation is 1. The first-order valence-electron chi connectivity index (χ1n) is 10.6. The smallest absolute Gasteiger partial charge is 0.263 e. The van der Waals surface area contributed by atoms with Gasteiger partial charge in [0.1, 0.15) is 10.1 Å². The van der Waals surface area contributed by atoms with E-state index >= 15 is 0 Å². The Kier molecular flexibility index (Phi) is 5.55. The molecule has 1 saturated heterocycles. The summed E-state index contributed by atoms with van der Waals surface area (Å²) in [5.41, 5.74) is 7.60. The topological polar surface area (TPSA) is 38.3 Å². The molecule has 2 aliphatic rings. The van der Waals surface area contributed by atoms with Crippen molar-refractivity contribution in [1.82, 2.24) is 5.32 Å². The average molecular weight is 452 g/mol. The molecule has 0 radical (unpaired) electrons. The lowest BCUT2D eigenvalue weighted by atomic mass is 9.62. The third kappa shape index (κ3) is 4.06. The van der Waals surface area contributed by atoms with E-state index in [1.807, 2.05) is 18.2 Å². The maximum atomic E-state index is 12.1. The van der Waals surface area contributed by atoms with Gasteiger partial charge in [0.2, 0.25) is 0 Å². The summed E-state index contributed by atoms with van der Waals surface area (Å²) in [6.45, 7) is 11.6. The molecular formula is C26H29NO2S2. The maximum absolute atomic E-state index is 12.1. The molecule has 5 heteroatoms. The molecule has 3 nitrogen and oxygen atoms in total. The van der Waals surface area contributed by atoms with Crippen molar-refractivity contribution in [1.29, 1.82) is 0 Å². The fourth-order valence-electron chi connectivity index (χ4n) is 4.61. The number of benzene rings is 2. The number of thiocarbonyl (C=S) groups is 1. The molecule has 1 fully saturated rings. The summed E-state index contributed by atoms with van der Waals surface area (Å²) in [5.74, 6) is 0.693. The molecule has 4 rings (SSSR count). The van der Waals surface area contributed by atoms with Gasteiger partial charge in [0.05, 0.1) is 12.0 Å². The largest absolute Gasteiger partial charge is 0.496 e. The van der Waals surface area contributed by atoms with Crippen molar-refractivity contribution >= 4 is 40.3 Å². The Bertz CT molecular complexity index is 1130. The molecule has 1 aliphatic carbocycles. The lowest BCUT2D eigenvalue weighted by molar-refractivity contribution is -0.115. The van der Waals surface area contributed by atoms with Crippen molar-refractivity contribution in [3.8, 4) is 16.9 Å². The van der Waals surface area contributed by atoms with Crippen LogP contribution in [-0.2, 0) is 15.6 Å². The summed E-state index contributed by atoms with van der Waals surface area (Å²) in [6.07, 6.45) is 4.26. The zero-order valence-corrected chi connectivity index (χ0v) is 20.6. The van der Waals surface area contributed by atoms with Crippen LogP contribution in [0.2, 0.25) is 0 Å². The molecule has 1 aliphatic heterocycles. The molecule has 0 spiro atoms. The molecule has 0 aromatic heterocycles. The zero-order chi connectivity index (χ0) is 22.6. The van der Waals surface area contributed by atoms with Gasteiger partial charge in [0.15, 0.2) is 0 Å². The Hall–Kier alpha value is -2.11. The predicted molar refractivity (Wildman–Crippen MR) is 135 cm³/mol. The molecule has 1 N–H and O–H groups in total. The van der Waals surface area contributed by atoms with Gasteiger partial charge in [-0.25, -0.2) is 0 Å². The van der Waals surface area contributed by atoms with E-state index in [-0.39, 0.29) is 16.7 Å². The number of fused-ring (bicyclic) bond motifs is 1. The summed E-state index contributed by atoms with van der Waals surface area (Å²) in [4.78, 5) is 12.7. The highest BCUT2D eigenvalue weighted by Crippen LogP contribution is 2.48. The molecule has 0 bridgehead atoms. The molecule has 162 valence electrons. The third-order valence-corrected chi connectivity index (χ3v) is 7.81. The highest BCUT2D eigenvalue weighted by molar-refractivity contribution is 8.26. The number of nitrogens with one attached hydrogen (secondary N) is 1. The molecule has 0 unspecified atom stereocenters. The molecule has 2 aromatic carbocycles. The van der Waals surface area contributed by atoms with E-state index in [0.29, 0.717) is 9.23 Å². The van der Waals surface area contributed by atoms with Crippen LogP contribution < -0.4 is 10.1 Å². The Morgan fingerprint density at radius 2 is 1.68 bits per heavy atom. The summed E-state index contributed by atoms with van der Waals surface area (Å²) in [6, 6.07) is 10.8. The Morgan fingerprint density at radius 1 is 1.03 bits per heavy atom. The second-order valence-electron chi connectivity index (χ2n) is 9.79. The number of thioether (sulfide) groups is 1. The number of carbonyl (C=O) groups is 1. The van der Waals surface area contributed by atoms with Crippen LogP contribution in [0.3, 0.4) is 0 Å². The van der Waals surface area contributed by atoms with Gasteiger partial charge in [-0.1, -0.05) is 63.8 Å². The second kappa shape index (κ2) is 7.79. The first kappa shape index (κ1) is 22.1. The van der Waals surface area contributed by atoms with Gasteiger partial charge in [0, 0.05) is 5.56 Å². The third-order valence-electron chi connectivity index (χ3n) is 6.65. The van der Waals surface area contributed by atoms with Gasteiger partial charge in [-0.2, -0.15) is 0 Å². The van der Waals surface area contributed by atoms with Crippen molar-refractivity contribution in [2.24, 2.45) is 0 Å². The van der Waals surface area contributed by atoms with Gasteiger partial charge in [-0.3, -0.25) is 4.79 Å². The molecule has 0 saturated carbocycles. The highest BCUT2D eigenvalue weighted by Gasteiger charge is 2.37. The van der Waals surface area contributed by atoms with E-state index in [2.05, 4.69) is 58.1 Å². The van der Waals surface area contributed by atoms with Crippen molar-refractivity contribution < 1.29 is 9.53 Å². The monoisotopic (exact) mass is 451 g/mol. The molecule has 31 heavy (non-hydrogen) atoms. The zero-order valence-electron chi connectivity index (χ0n) is 19.0. The van der Waals surface area contributed by atoms with E-state index in [9.17, 15) is 4.79 Å². The van der Waals surface area contributed by atoms with E-state index in [4.69, 9.17) is 17.0 Å². The molecule has 1 amide bonds. The minimum absolute atomic E-state index is 0.133. The minimum atomic E-state index is -0.138. The number of amides is 1. The van der Waals surface area contributed by atoms with Crippen LogP contribution in [0.1, 0.15) is 62.8 Å². The summed E-state index contributed by atoms with van der Waals surface area (Å²) in [5, 5.41) is 2.68. The van der Waals surface area contributed by atoms with Gasteiger partial charge >= 0.3 is 0 Å². The Labute approximate surface area is 194 Å². The van der Waals surface area contributed by atoms with Gasteiger partial charge in [-0.05, 0) is 82.7 Å². The lowest BCUT2D eigenvalue weighted by Gasteiger charge is -2.42. The van der Waals surface area contributed by atoms with Crippen LogP contribution in [0.5, 0.6) is 5.75 Å². The number of methoxy groups -OCH3 is 1. The van der Waals surface area contributed by atoms with E-state index < -0.39 is 0 Å². The van der Waals surface area contributed by atoms with Crippen LogP contribution in [-0.4, -0.2) is 17.3 Å². The van der Waals surface area contributed by atoms with E-state index in [0.717, 1.165) is 16.9 Å². The van der Waals surface area contributed by atoms with Gasteiger partial charge < -0.3 is 10.1 Å². The van der Waals surface area contributed by atoms with E-state index in [1.165, 1.54) is 46.9 Å². The lowest BCUT2D eigenvalue weighted by Crippen LogP contribution is -2.34. The summed E-state index contributed by atoms with van der Waals surface area (Å²) < 4.78 is 6.23. The van der Waals surface area contributed by atoms with Crippen molar-refractivity contribution in [2.45, 2.75) is 58.3 Å². The molecule has 2 aromatic rings. The minimum Gasteiger partial charge on any atom is -0.496 e. The van der Waals surface area contributed by atoms with Crippen LogP contribution >= 0.6 is 24.0 Å². The SMILES string of the molecule is COc1ccc(/C=C2\SC(=S)NC2=O)cc1-c1cc2c(cc1C)C(C)(C)CCC2(C)C. The molecular weight excluding hydrogens is 422 g/mol. The normalized spacial score (nSPS) is 20.5. The summed E-state index contributed by atoms with van der Waals surface area (Å²) >= 11 is 6.42. The highest BCUT2D eigenvalue weighted by atomic mass is 32.2. The van der Waals surface area contributed by atoms with Crippen LogP contribution in [0, 0.1) is 6.92 Å². The summed E-state index contributed by atoms with van der Waals surface area (Å²) in [7, 11) is 1.70. The van der Waals surface area contributed by atoms with Gasteiger partial charge in [-0.15, -0.1) is 0 Å². The van der Waals surface area contributed by atoms with Crippen molar-refractivity contribution in [2.75, 3.05) is 7.11 Å². The number of hydrogen-bond donors (Lipinski definition) is 1. The maximum Gasteiger partial charge on any atom is 0.263 e. The molecule has 0 atom stereocenters. The first-order valence-corrected chi connectivity index (χ1v) is 11.8. The Morgan fingerprint density at radius 3 is 2.26 bits per heavy atom. The average Bonchev–Trinajstić information content (AvgIpc) is 3.02. The number of hydrogen-bond acceptors (Lipinski definition) is 4. The van der Waals surface area contributed by atoms with Crippen LogP contribution in [0.15, 0.2) is 35.2 Å². The van der Waals surface area contributed by atoms with Gasteiger partial charge in [0.25, 0.3) is 5.91 Å². The predicted octanol–water partition coefficient (Wildman–Crippen LogP) is 6.51. The standard InChI is InChI=1S/C26H29NO2S2/c1-15-11-19-20(26(4,5)10-9-25(19,2)3)14-17(15)18-12-16(7-8-21(18)29-6)13-22-23(28)27-24(30)31-22/h7-8,11-14H,9-10H2,1-6H3,(H,27,28,30)/b22-13-. The second-order valence-corrected chi connectivity index (χ2v) is 11.5. The first-order chi connectivity index (χ1) is 14.5. The fraction of sp³-hybridized carbons (Fsp3) is 0.385. The van der Waals surface area contributed by atoms with Crippen LogP contribution in [0.4, 0.5) is 0 Å². The Balaban J connectivity index is 1.87. The van der Waals surface area contributed by atoms with Crippen molar-refractivity contribution in [3.63, 3.8) is 0 Å². The van der Waals surface area contributed by atoms with Crippen molar-refractivity contribution in [3.05, 3.63) is 57.5 Å². The quantitative estimate of drug-likeness (QED) is 0.426. The molecule has 1 heterocycles. The number of rotatable bonds is 3. The van der Waals surface area contributed by atoms with E-state index in [1.54, 1.807) is 7.11 Å². The van der Waals surface area contributed by atoms with Crippen LogP contribution in [0.25, 0.3) is 17.2 Å².